The smallest absolute Gasteiger partial charge is 0.408 e. The fraction of sp³-hybridized carbons (Fsp3) is 0.254. The van der Waals surface area contributed by atoms with Gasteiger partial charge in [-0.15, -0.1) is 0 Å². The summed E-state index contributed by atoms with van der Waals surface area (Å²) in [4.78, 5) is 0. The normalized spacial score (nSPS) is 14.7. The van der Waals surface area contributed by atoms with Gasteiger partial charge in [-0.1, -0.05) is 152 Å². The van der Waals surface area contributed by atoms with Gasteiger partial charge in [0.25, 0.3) is 0 Å². The first-order chi connectivity index (χ1) is 32.2. The third-order valence-electron chi connectivity index (χ3n) is 12.7. The van der Waals surface area contributed by atoms with Crippen LogP contribution in [-0.4, -0.2) is 0 Å². The lowest BCUT2D eigenvalue weighted by Gasteiger charge is -2.30. The molecule has 6 nitrogen and oxygen atoms in total. The number of hydrogen-bond acceptors (Lipinski definition) is 6. The Balaban J connectivity index is 1.29. The molecular formula is C59H60O6P2. The molecule has 0 saturated carbocycles. The van der Waals surface area contributed by atoms with E-state index in [-0.39, 0.29) is 23.7 Å². The van der Waals surface area contributed by atoms with Gasteiger partial charge in [-0.3, -0.25) is 0 Å². The van der Waals surface area contributed by atoms with Crippen molar-refractivity contribution in [1.29, 1.82) is 0 Å². The third-order valence-corrected chi connectivity index (χ3v) is 14.7. The molecule has 0 aromatic heterocycles. The van der Waals surface area contributed by atoms with E-state index in [1.54, 1.807) is 0 Å². The van der Waals surface area contributed by atoms with Gasteiger partial charge in [0, 0.05) is 28.2 Å². The van der Waals surface area contributed by atoms with E-state index in [4.69, 9.17) is 27.1 Å². The predicted octanol–water partition coefficient (Wildman–Crippen LogP) is 18.3. The summed E-state index contributed by atoms with van der Waals surface area (Å²) >= 11 is 0. The van der Waals surface area contributed by atoms with E-state index in [0.29, 0.717) is 11.5 Å². The Bertz CT molecular complexity index is 3060. The topological polar surface area (TPSA) is 55.4 Å². The molecule has 8 heteroatoms. The Hall–Kier alpha value is -6.06. The fourth-order valence-electron chi connectivity index (χ4n) is 9.03. The largest absolute Gasteiger partial charge is 0.530 e. The molecule has 1 aliphatic heterocycles. The Labute approximate surface area is 399 Å². The minimum atomic E-state index is -2.11. The summed E-state index contributed by atoms with van der Waals surface area (Å²) in [5.41, 5.74) is 11.4. The van der Waals surface area contributed by atoms with Gasteiger partial charge in [0.2, 0.25) is 0 Å². The standard InChI is InChI=1S/C59H60O6P2/c1-35(2)45-25-20-38(7)30-53(45)61-66(62-54-31-39(8)21-26-46(54)36(3)4)60-52-29-24-43-16-12-14-18-49(43)57(52)58-50-19-15-13-17-44(50)34-51-42(11)48-28-23-41(10)33-56(48)64-67(65-59(51)58)63-55-32-40(9)22-27-47(55)37(5)6/h12-37,42H,1-11H3. The van der Waals surface area contributed by atoms with Gasteiger partial charge in [-0.2, -0.15) is 0 Å². The van der Waals surface area contributed by atoms with Gasteiger partial charge in [0.1, 0.15) is 34.5 Å². The molecule has 1 aliphatic rings. The zero-order valence-electron chi connectivity index (χ0n) is 40.4. The second kappa shape index (κ2) is 19.3. The van der Waals surface area contributed by atoms with E-state index >= 15 is 0 Å². The van der Waals surface area contributed by atoms with Crippen molar-refractivity contribution < 1.29 is 27.1 Å². The summed E-state index contributed by atoms with van der Waals surface area (Å²) in [7, 11) is -4.17. The molecule has 0 N–H and O–H groups in total. The van der Waals surface area contributed by atoms with Crippen molar-refractivity contribution >= 4 is 38.7 Å². The summed E-state index contributed by atoms with van der Waals surface area (Å²) < 4.78 is 42.8. The second-order valence-corrected chi connectivity index (χ2v) is 20.9. The van der Waals surface area contributed by atoms with Crippen molar-refractivity contribution in [3.05, 3.63) is 190 Å². The molecule has 0 bridgehead atoms. The molecule has 67 heavy (non-hydrogen) atoms. The van der Waals surface area contributed by atoms with Gasteiger partial charge in [0.05, 0.1) is 0 Å². The van der Waals surface area contributed by atoms with Gasteiger partial charge < -0.3 is 27.1 Å². The summed E-state index contributed by atoms with van der Waals surface area (Å²) in [6.45, 7) is 23.6. The minimum Gasteiger partial charge on any atom is -0.408 e. The Kier molecular flexibility index (Phi) is 13.3. The predicted molar refractivity (Wildman–Crippen MR) is 279 cm³/mol. The summed E-state index contributed by atoms with van der Waals surface area (Å²) in [5, 5.41) is 4.12. The summed E-state index contributed by atoms with van der Waals surface area (Å²) in [6.07, 6.45) is 0. The Morgan fingerprint density at radius 2 is 0.955 bits per heavy atom. The highest BCUT2D eigenvalue weighted by Crippen LogP contribution is 2.58. The van der Waals surface area contributed by atoms with Crippen LogP contribution in [0, 0.1) is 27.7 Å². The van der Waals surface area contributed by atoms with Crippen LogP contribution in [0.4, 0.5) is 0 Å². The summed E-state index contributed by atoms with van der Waals surface area (Å²) in [5.74, 6) is 4.74. The first kappa shape index (κ1) is 46.1. The molecule has 8 aromatic rings. The number of rotatable bonds is 12. The van der Waals surface area contributed by atoms with Crippen molar-refractivity contribution in [1.82, 2.24) is 0 Å². The number of fused-ring (bicyclic) bond motifs is 4. The van der Waals surface area contributed by atoms with Crippen LogP contribution in [0.3, 0.4) is 0 Å². The molecule has 0 aliphatic carbocycles. The van der Waals surface area contributed by atoms with Crippen LogP contribution in [0.25, 0.3) is 32.7 Å². The van der Waals surface area contributed by atoms with Gasteiger partial charge in [0.15, 0.2) is 0 Å². The molecule has 8 aromatic carbocycles. The zero-order valence-corrected chi connectivity index (χ0v) is 42.2. The Morgan fingerprint density at radius 3 is 1.55 bits per heavy atom. The molecule has 0 spiro atoms. The average Bonchev–Trinajstić information content (AvgIpc) is 3.28. The molecule has 2 atom stereocenters. The van der Waals surface area contributed by atoms with Crippen molar-refractivity contribution in [2.75, 3.05) is 0 Å². The monoisotopic (exact) mass is 926 g/mol. The molecule has 0 saturated heterocycles. The average molecular weight is 927 g/mol. The molecule has 9 rings (SSSR count). The SMILES string of the molecule is Cc1ccc(C(C)C)c(OP(Oc2cc(C)ccc2C(C)C)Oc2ccc3ccccc3c2-c2c3c(cc4ccccc24)C(C)c2ccc(C)cc2OP(Oc2cc(C)ccc2C(C)C)O3)c1. The first-order valence-electron chi connectivity index (χ1n) is 23.4. The molecule has 1 heterocycles. The Morgan fingerprint density at radius 1 is 0.463 bits per heavy atom. The molecule has 2 unspecified atom stereocenters. The van der Waals surface area contributed by atoms with Crippen LogP contribution in [0.2, 0.25) is 0 Å². The maximum absolute atomic E-state index is 7.39. The van der Waals surface area contributed by atoms with Crippen molar-refractivity contribution in [3.8, 4) is 45.6 Å². The second-order valence-electron chi connectivity index (χ2n) is 18.9. The molecule has 342 valence electrons. The minimum absolute atomic E-state index is 0.119. The first-order valence-corrected chi connectivity index (χ1v) is 25.6. The third kappa shape index (κ3) is 9.58. The van der Waals surface area contributed by atoms with E-state index in [1.165, 1.54) is 0 Å². The molecule has 0 radical (unpaired) electrons. The van der Waals surface area contributed by atoms with E-state index in [9.17, 15) is 0 Å². The lowest BCUT2D eigenvalue weighted by molar-refractivity contribution is 0.376. The van der Waals surface area contributed by atoms with E-state index in [1.807, 2.05) is 0 Å². The lowest BCUT2D eigenvalue weighted by atomic mass is 9.84. The molecule has 0 fully saturated rings. The van der Waals surface area contributed by atoms with Crippen molar-refractivity contribution in [3.63, 3.8) is 0 Å². The van der Waals surface area contributed by atoms with Crippen LogP contribution >= 0.6 is 17.2 Å². The van der Waals surface area contributed by atoms with Crippen LogP contribution in [0.1, 0.15) is 122 Å². The van der Waals surface area contributed by atoms with E-state index in [2.05, 4.69) is 216 Å². The summed E-state index contributed by atoms with van der Waals surface area (Å²) in [6, 6.07) is 48.9. The number of hydrogen-bond donors (Lipinski definition) is 0. The number of aryl methyl sites for hydroxylation is 4. The van der Waals surface area contributed by atoms with Crippen LogP contribution in [-0.2, 0) is 0 Å². The lowest BCUT2D eigenvalue weighted by Crippen LogP contribution is -2.13. The maximum atomic E-state index is 7.39. The maximum Gasteiger partial charge on any atom is 0.530 e. The van der Waals surface area contributed by atoms with Crippen LogP contribution in [0.5, 0.6) is 34.5 Å². The fourth-order valence-corrected chi connectivity index (χ4v) is 11.2. The highest BCUT2D eigenvalue weighted by molar-refractivity contribution is 7.43. The quantitative estimate of drug-likeness (QED) is 0.114. The zero-order chi connectivity index (χ0) is 47.1. The highest BCUT2D eigenvalue weighted by Gasteiger charge is 2.35. The van der Waals surface area contributed by atoms with Gasteiger partial charge in [-0.25, -0.2) is 0 Å². The van der Waals surface area contributed by atoms with Crippen molar-refractivity contribution in [2.45, 2.75) is 99.8 Å². The molecular weight excluding hydrogens is 867 g/mol. The van der Waals surface area contributed by atoms with Crippen LogP contribution < -0.4 is 27.1 Å². The van der Waals surface area contributed by atoms with E-state index < -0.39 is 17.2 Å². The van der Waals surface area contributed by atoms with E-state index in [0.717, 1.165) is 106 Å². The van der Waals surface area contributed by atoms with Crippen molar-refractivity contribution in [2.24, 2.45) is 0 Å². The number of benzene rings is 8. The van der Waals surface area contributed by atoms with Gasteiger partial charge >= 0.3 is 17.2 Å². The van der Waals surface area contributed by atoms with Crippen LogP contribution in [0.15, 0.2) is 140 Å². The molecule has 0 amide bonds. The highest BCUT2D eigenvalue weighted by atomic mass is 31.2. The van der Waals surface area contributed by atoms with Gasteiger partial charge in [-0.05, 0) is 142 Å².